The Bertz CT molecular complexity index is 276. The fourth-order valence-electron chi connectivity index (χ4n) is 2.77. The average molecular weight is 254 g/mol. The van der Waals surface area contributed by atoms with Gasteiger partial charge in [0, 0.05) is 17.5 Å². The molecule has 0 saturated carbocycles. The zero-order valence-corrected chi connectivity index (χ0v) is 12.9. The highest BCUT2D eigenvalue weighted by atomic mass is 16.2. The molecule has 106 valence electrons. The first-order valence-electron chi connectivity index (χ1n) is 7.30. The maximum Gasteiger partial charge on any atom is 0.226 e. The molecule has 3 heteroatoms. The van der Waals surface area contributed by atoms with Crippen molar-refractivity contribution in [2.75, 3.05) is 13.1 Å². The smallest absolute Gasteiger partial charge is 0.226 e. The maximum absolute atomic E-state index is 12.3. The van der Waals surface area contributed by atoms with E-state index >= 15 is 0 Å². The van der Waals surface area contributed by atoms with Crippen molar-refractivity contribution in [3.8, 4) is 0 Å². The molecule has 0 aromatic heterocycles. The van der Waals surface area contributed by atoms with Gasteiger partial charge in [-0.15, -0.1) is 0 Å². The van der Waals surface area contributed by atoms with E-state index in [9.17, 15) is 4.79 Å². The van der Waals surface area contributed by atoms with Crippen LogP contribution in [0.25, 0.3) is 0 Å². The Morgan fingerprint density at radius 2 is 1.67 bits per heavy atom. The summed E-state index contributed by atoms with van der Waals surface area (Å²) in [6, 6.07) is 0.853. The first kappa shape index (κ1) is 15.5. The summed E-state index contributed by atoms with van der Waals surface area (Å²) in [5.74, 6) is 0.715. The van der Waals surface area contributed by atoms with Crippen molar-refractivity contribution in [3.63, 3.8) is 0 Å². The van der Waals surface area contributed by atoms with Crippen molar-refractivity contribution in [3.05, 3.63) is 0 Å². The number of amides is 1. The number of hydrogen-bond acceptors (Lipinski definition) is 2. The van der Waals surface area contributed by atoms with Gasteiger partial charge in [-0.1, -0.05) is 13.8 Å². The van der Waals surface area contributed by atoms with E-state index in [0.717, 1.165) is 25.9 Å². The summed E-state index contributed by atoms with van der Waals surface area (Å²) in [4.78, 5) is 14.8. The van der Waals surface area contributed by atoms with Gasteiger partial charge in [0.1, 0.15) is 0 Å². The molecule has 0 bridgehead atoms. The monoisotopic (exact) mass is 254 g/mol. The maximum atomic E-state index is 12.3. The molecule has 0 radical (unpaired) electrons. The number of nitrogens with one attached hydrogen (secondary N) is 1. The molecule has 0 unspecified atom stereocenters. The third-order valence-electron chi connectivity index (χ3n) is 4.29. The summed E-state index contributed by atoms with van der Waals surface area (Å²) < 4.78 is 0. The Hall–Kier alpha value is -0.570. The summed E-state index contributed by atoms with van der Waals surface area (Å²) >= 11 is 0. The predicted octanol–water partition coefficient (Wildman–Crippen LogP) is 2.66. The highest BCUT2D eigenvalue weighted by molar-refractivity contribution is 5.82. The standard InChI is InChI=1S/C15H30N2O/c1-11(2)16-14(18)15(5,6)13-7-9-17(10-8-13)12(3)4/h11-13H,7-10H2,1-6H3,(H,16,18). The Morgan fingerprint density at radius 3 is 2.06 bits per heavy atom. The second kappa shape index (κ2) is 6.05. The average Bonchev–Trinajstić information content (AvgIpc) is 2.28. The van der Waals surface area contributed by atoms with Crippen LogP contribution in [0.15, 0.2) is 0 Å². The summed E-state index contributed by atoms with van der Waals surface area (Å²) in [6.45, 7) is 15.0. The van der Waals surface area contributed by atoms with Crippen LogP contribution in [0.2, 0.25) is 0 Å². The summed E-state index contributed by atoms with van der Waals surface area (Å²) in [5.41, 5.74) is -0.243. The molecule has 1 amide bonds. The summed E-state index contributed by atoms with van der Waals surface area (Å²) in [7, 11) is 0. The highest BCUT2D eigenvalue weighted by Crippen LogP contribution is 2.35. The lowest BCUT2D eigenvalue weighted by Gasteiger charge is -2.41. The normalized spacial score (nSPS) is 19.6. The zero-order chi connectivity index (χ0) is 13.9. The molecule has 0 spiro atoms. The number of hydrogen-bond donors (Lipinski definition) is 1. The van der Waals surface area contributed by atoms with Gasteiger partial charge < -0.3 is 10.2 Å². The number of piperidine rings is 1. The molecule has 0 aromatic carbocycles. The van der Waals surface area contributed by atoms with Gasteiger partial charge >= 0.3 is 0 Å². The van der Waals surface area contributed by atoms with Crippen LogP contribution in [-0.4, -0.2) is 36.0 Å². The Labute approximate surface area is 112 Å². The molecule has 0 atom stereocenters. The Balaban J connectivity index is 2.57. The Kier molecular flexibility index (Phi) is 5.20. The van der Waals surface area contributed by atoms with E-state index in [2.05, 4.69) is 37.9 Å². The van der Waals surface area contributed by atoms with Crippen LogP contribution in [0.1, 0.15) is 54.4 Å². The van der Waals surface area contributed by atoms with E-state index in [0.29, 0.717) is 12.0 Å². The lowest BCUT2D eigenvalue weighted by Crippen LogP contribution is -2.48. The fourth-order valence-corrected chi connectivity index (χ4v) is 2.77. The number of likely N-dealkylation sites (tertiary alicyclic amines) is 1. The quantitative estimate of drug-likeness (QED) is 0.836. The van der Waals surface area contributed by atoms with Gasteiger partial charge in [0.2, 0.25) is 5.91 Å². The van der Waals surface area contributed by atoms with E-state index in [-0.39, 0.29) is 17.4 Å². The number of carbonyl (C=O) groups excluding carboxylic acids is 1. The van der Waals surface area contributed by atoms with Crippen LogP contribution in [0, 0.1) is 11.3 Å². The van der Waals surface area contributed by atoms with E-state index in [1.54, 1.807) is 0 Å². The molecular formula is C15H30N2O. The van der Waals surface area contributed by atoms with E-state index < -0.39 is 0 Å². The van der Waals surface area contributed by atoms with Crippen molar-refractivity contribution in [2.24, 2.45) is 11.3 Å². The van der Waals surface area contributed by atoms with Crippen molar-refractivity contribution < 1.29 is 4.79 Å². The molecule has 3 nitrogen and oxygen atoms in total. The van der Waals surface area contributed by atoms with Crippen LogP contribution in [0.3, 0.4) is 0 Å². The first-order valence-corrected chi connectivity index (χ1v) is 7.30. The highest BCUT2D eigenvalue weighted by Gasteiger charge is 2.38. The Morgan fingerprint density at radius 1 is 1.17 bits per heavy atom. The van der Waals surface area contributed by atoms with Gasteiger partial charge in [-0.05, 0) is 59.5 Å². The van der Waals surface area contributed by atoms with Crippen LogP contribution in [-0.2, 0) is 4.79 Å². The van der Waals surface area contributed by atoms with Gasteiger partial charge in [-0.3, -0.25) is 4.79 Å². The molecule has 0 aliphatic carbocycles. The third kappa shape index (κ3) is 3.71. The second-order valence-corrected chi connectivity index (χ2v) is 6.75. The van der Waals surface area contributed by atoms with Gasteiger partial charge in [0.15, 0.2) is 0 Å². The molecule has 18 heavy (non-hydrogen) atoms. The molecule has 0 aromatic rings. The minimum atomic E-state index is -0.243. The molecule has 1 fully saturated rings. The van der Waals surface area contributed by atoms with E-state index in [1.807, 2.05) is 13.8 Å². The third-order valence-corrected chi connectivity index (χ3v) is 4.29. The molecular weight excluding hydrogens is 224 g/mol. The summed E-state index contributed by atoms with van der Waals surface area (Å²) in [5, 5.41) is 3.06. The van der Waals surface area contributed by atoms with Gasteiger partial charge in [0.05, 0.1) is 0 Å². The van der Waals surface area contributed by atoms with Gasteiger partial charge in [-0.2, -0.15) is 0 Å². The number of carbonyl (C=O) groups is 1. The molecule has 1 saturated heterocycles. The molecule has 1 heterocycles. The number of rotatable bonds is 4. The number of nitrogens with zero attached hydrogens (tertiary/aromatic N) is 1. The van der Waals surface area contributed by atoms with Crippen LogP contribution >= 0.6 is 0 Å². The van der Waals surface area contributed by atoms with Crippen molar-refractivity contribution in [2.45, 2.75) is 66.5 Å². The van der Waals surface area contributed by atoms with Crippen LogP contribution in [0.4, 0.5) is 0 Å². The van der Waals surface area contributed by atoms with Crippen molar-refractivity contribution in [1.29, 1.82) is 0 Å². The van der Waals surface area contributed by atoms with Gasteiger partial charge in [-0.25, -0.2) is 0 Å². The van der Waals surface area contributed by atoms with Crippen LogP contribution in [0.5, 0.6) is 0 Å². The topological polar surface area (TPSA) is 32.3 Å². The fraction of sp³-hybridized carbons (Fsp3) is 0.933. The predicted molar refractivity (Wildman–Crippen MR) is 76.5 cm³/mol. The second-order valence-electron chi connectivity index (χ2n) is 6.75. The summed E-state index contributed by atoms with van der Waals surface area (Å²) in [6.07, 6.45) is 2.27. The van der Waals surface area contributed by atoms with Gasteiger partial charge in [0.25, 0.3) is 0 Å². The van der Waals surface area contributed by atoms with Crippen molar-refractivity contribution in [1.82, 2.24) is 10.2 Å². The van der Waals surface area contributed by atoms with Crippen LogP contribution < -0.4 is 5.32 Å². The SMILES string of the molecule is CC(C)NC(=O)C(C)(C)C1CCN(C(C)C)CC1. The first-order chi connectivity index (χ1) is 8.25. The van der Waals surface area contributed by atoms with E-state index in [1.165, 1.54) is 0 Å². The van der Waals surface area contributed by atoms with Crippen molar-refractivity contribution >= 4 is 5.91 Å². The zero-order valence-electron chi connectivity index (χ0n) is 12.9. The lowest BCUT2D eigenvalue weighted by atomic mass is 9.72. The molecule has 1 N–H and O–H groups in total. The molecule has 1 aliphatic heterocycles. The minimum absolute atomic E-state index is 0.209. The largest absolute Gasteiger partial charge is 0.353 e. The van der Waals surface area contributed by atoms with E-state index in [4.69, 9.17) is 0 Å². The minimum Gasteiger partial charge on any atom is -0.353 e. The lowest BCUT2D eigenvalue weighted by molar-refractivity contribution is -0.133. The molecule has 1 aliphatic rings. The molecule has 1 rings (SSSR count).